The maximum atomic E-state index is 13.7. The molecule has 0 spiro atoms. The fourth-order valence-electron chi connectivity index (χ4n) is 2.99. The van der Waals surface area contributed by atoms with Crippen LogP contribution in [0.2, 0.25) is 10.0 Å². The Balaban J connectivity index is 1.87. The third-order valence-electron chi connectivity index (χ3n) is 4.27. The van der Waals surface area contributed by atoms with Gasteiger partial charge in [-0.3, -0.25) is 9.59 Å². The van der Waals surface area contributed by atoms with Crippen LogP contribution < -0.4 is 4.90 Å². The molecule has 0 aliphatic carbocycles. The second kappa shape index (κ2) is 8.03. The quantitative estimate of drug-likeness (QED) is 0.449. The standard InChI is InChI=1S/C22H12Cl2FNO2S/c23-13-9-10-17(18(24)11-13)19-20(29-16-7-2-1-3-8-16)22(28)26(21(19)27)15-6-4-5-14(25)12-15/h1-12H. The predicted octanol–water partition coefficient (Wildman–Crippen LogP) is 6.21. The minimum atomic E-state index is -0.566. The zero-order chi connectivity index (χ0) is 20.5. The molecular formula is C22H12Cl2FNO2S. The van der Waals surface area contributed by atoms with Crippen molar-refractivity contribution in [1.82, 2.24) is 0 Å². The van der Waals surface area contributed by atoms with E-state index in [0.717, 1.165) is 27.6 Å². The van der Waals surface area contributed by atoms with Gasteiger partial charge in [0.2, 0.25) is 0 Å². The Kier molecular flexibility index (Phi) is 5.46. The first-order valence-corrected chi connectivity index (χ1v) is 10.1. The van der Waals surface area contributed by atoms with Crippen LogP contribution in [0.5, 0.6) is 0 Å². The summed E-state index contributed by atoms with van der Waals surface area (Å²) in [6.45, 7) is 0. The maximum absolute atomic E-state index is 13.7. The average molecular weight is 444 g/mol. The number of imide groups is 1. The number of hydrogen-bond acceptors (Lipinski definition) is 3. The van der Waals surface area contributed by atoms with Gasteiger partial charge in [-0.2, -0.15) is 0 Å². The van der Waals surface area contributed by atoms with Gasteiger partial charge in [-0.05, 0) is 42.5 Å². The molecule has 0 unspecified atom stereocenters. The number of carbonyl (C=O) groups excluding carboxylic acids is 2. The van der Waals surface area contributed by atoms with E-state index in [9.17, 15) is 14.0 Å². The zero-order valence-corrected chi connectivity index (χ0v) is 17.1. The van der Waals surface area contributed by atoms with E-state index in [0.29, 0.717) is 10.6 Å². The van der Waals surface area contributed by atoms with E-state index in [1.807, 2.05) is 30.3 Å². The Bertz CT molecular complexity index is 1160. The van der Waals surface area contributed by atoms with Gasteiger partial charge in [-0.25, -0.2) is 9.29 Å². The molecule has 1 aliphatic heterocycles. The van der Waals surface area contributed by atoms with Crippen molar-refractivity contribution in [3.8, 4) is 0 Å². The van der Waals surface area contributed by atoms with E-state index in [1.165, 1.54) is 24.3 Å². The van der Waals surface area contributed by atoms with Crippen LogP contribution in [0.4, 0.5) is 10.1 Å². The summed E-state index contributed by atoms with van der Waals surface area (Å²) in [5, 5.41) is 0.663. The molecule has 0 radical (unpaired) electrons. The van der Waals surface area contributed by atoms with Gasteiger partial charge in [0.05, 0.1) is 21.2 Å². The van der Waals surface area contributed by atoms with Gasteiger partial charge in [0.15, 0.2) is 0 Å². The van der Waals surface area contributed by atoms with Gasteiger partial charge in [-0.15, -0.1) is 0 Å². The lowest BCUT2D eigenvalue weighted by Gasteiger charge is -2.15. The highest BCUT2D eigenvalue weighted by molar-refractivity contribution is 8.04. The van der Waals surface area contributed by atoms with Crippen LogP contribution in [-0.4, -0.2) is 11.8 Å². The number of amides is 2. The Morgan fingerprint density at radius 1 is 0.828 bits per heavy atom. The Morgan fingerprint density at radius 3 is 2.28 bits per heavy atom. The molecule has 3 nitrogen and oxygen atoms in total. The number of nitrogens with zero attached hydrogens (tertiary/aromatic N) is 1. The number of hydrogen-bond donors (Lipinski definition) is 0. The van der Waals surface area contributed by atoms with E-state index in [2.05, 4.69) is 0 Å². The lowest BCUT2D eigenvalue weighted by Crippen LogP contribution is -2.31. The number of halogens is 3. The van der Waals surface area contributed by atoms with Crippen LogP contribution in [0.3, 0.4) is 0 Å². The molecule has 0 bridgehead atoms. The first-order chi connectivity index (χ1) is 14.0. The molecule has 1 aliphatic rings. The van der Waals surface area contributed by atoms with Crippen molar-refractivity contribution in [2.24, 2.45) is 0 Å². The highest BCUT2D eigenvalue weighted by Gasteiger charge is 2.41. The molecule has 3 aromatic rings. The second-order valence-corrected chi connectivity index (χ2v) is 8.10. The summed E-state index contributed by atoms with van der Waals surface area (Å²) < 4.78 is 13.7. The van der Waals surface area contributed by atoms with Crippen LogP contribution in [0.1, 0.15) is 5.56 Å². The smallest absolute Gasteiger partial charge is 0.268 e. The minimum Gasteiger partial charge on any atom is -0.268 e. The van der Waals surface area contributed by atoms with Gasteiger partial charge in [-0.1, -0.05) is 65.3 Å². The first kappa shape index (κ1) is 19.7. The third-order valence-corrected chi connectivity index (χ3v) is 5.91. The Hall–Kier alpha value is -2.60. The monoisotopic (exact) mass is 443 g/mol. The van der Waals surface area contributed by atoms with Crippen molar-refractivity contribution in [2.45, 2.75) is 4.90 Å². The SMILES string of the molecule is O=C1C(Sc2ccccc2)=C(c2ccc(Cl)cc2Cl)C(=O)N1c1cccc(F)c1. The molecule has 7 heteroatoms. The fourth-order valence-corrected chi connectivity index (χ4v) is 4.50. The van der Waals surface area contributed by atoms with Crippen LogP contribution in [0.25, 0.3) is 5.57 Å². The summed E-state index contributed by atoms with van der Waals surface area (Å²) in [5.74, 6) is -1.64. The van der Waals surface area contributed by atoms with E-state index in [1.54, 1.807) is 12.1 Å². The molecule has 3 aromatic carbocycles. The van der Waals surface area contributed by atoms with E-state index >= 15 is 0 Å². The van der Waals surface area contributed by atoms with Crippen LogP contribution in [0.15, 0.2) is 82.6 Å². The van der Waals surface area contributed by atoms with E-state index in [-0.39, 0.29) is 21.2 Å². The van der Waals surface area contributed by atoms with Crippen LogP contribution in [-0.2, 0) is 9.59 Å². The van der Waals surface area contributed by atoms with Crippen molar-refractivity contribution in [3.05, 3.63) is 99.1 Å². The molecule has 0 fully saturated rings. The fraction of sp³-hybridized carbons (Fsp3) is 0. The molecule has 144 valence electrons. The largest absolute Gasteiger partial charge is 0.272 e. The highest BCUT2D eigenvalue weighted by atomic mass is 35.5. The van der Waals surface area contributed by atoms with E-state index in [4.69, 9.17) is 23.2 Å². The average Bonchev–Trinajstić information content (AvgIpc) is 2.93. The third kappa shape index (κ3) is 3.81. The topological polar surface area (TPSA) is 37.4 Å². The number of anilines is 1. The summed E-state index contributed by atoms with van der Waals surface area (Å²) >= 11 is 13.5. The first-order valence-electron chi connectivity index (χ1n) is 8.52. The molecule has 0 aromatic heterocycles. The van der Waals surface area contributed by atoms with E-state index < -0.39 is 17.6 Å². The molecule has 0 saturated carbocycles. The summed E-state index contributed by atoms with van der Waals surface area (Å²) in [7, 11) is 0. The van der Waals surface area contributed by atoms with Crippen LogP contribution >= 0.6 is 35.0 Å². The summed E-state index contributed by atoms with van der Waals surface area (Å²) in [6.07, 6.45) is 0. The van der Waals surface area contributed by atoms with Gasteiger partial charge in [0.25, 0.3) is 11.8 Å². The molecule has 2 amide bonds. The molecule has 0 saturated heterocycles. The zero-order valence-electron chi connectivity index (χ0n) is 14.7. The molecule has 0 N–H and O–H groups in total. The van der Waals surface area contributed by atoms with Crippen molar-refractivity contribution in [2.75, 3.05) is 4.90 Å². The molecule has 29 heavy (non-hydrogen) atoms. The summed E-state index contributed by atoms with van der Waals surface area (Å²) in [4.78, 5) is 28.5. The number of benzene rings is 3. The lowest BCUT2D eigenvalue weighted by atomic mass is 10.1. The Labute approximate surface area is 180 Å². The normalized spacial score (nSPS) is 14.1. The molecule has 0 atom stereocenters. The van der Waals surface area contributed by atoms with Gasteiger partial charge in [0, 0.05) is 15.5 Å². The van der Waals surface area contributed by atoms with Crippen molar-refractivity contribution in [3.63, 3.8) is 0 Å². The molecular weight excluding hydrogens is 432 g/mol. The highest BCUT2D eigenvalue weighted by Crippen LogP contribution is 2.43. The predicted molar refractivity (Wildman–Crippen MR) is 115 cm³/mol. The number of thioether (sulfide) groups is 1. The van der Waals surface area contributed by atoms with Gasteiger partial charge >= 0.3 is 0 Å². The minimum absolute atomic E-state index is 0.159. The van der Waals surface area contributed by atoms with Crippen molar-refractivity contribution >= 4 is 58.0 Å². The number of rotatable bonds is 4. The van der Waals surface area contributed by atoms with Crippen molar-refractivity contribution < 1.29 is 14.0 Å². The van der Waals surface area contributed by atoms with Crippen molar-refractivity contribution in [1.29, 1.82) is 0 Å². The lowest BCUT2D eigenvalue weighted by molar-refractivity contribution is -0.119. The van der Waals surface area contributed by atoms with Gasteiger partial charge in [0.1, 0.15) is 5.82 Å². The summed E-state index contributed by atoms with van der Waals surface area (Å²) in [6, 6.07) is 19.3. The maximum Gasteiger partial charge on any atom is 0.272 e. The summed E-state index contributed by atoms with van der Waals surface area (Å²) in [5.41, 5.74) is 0.716. The Morgan fingerprint density at radius 2 is 1.59 bits per heavy atom. The van der Waals surface area contributed by atoms with Gasteiger partial charge < -0.3 is 0 Å². The number of carbonyl (C=O) groups is 2. The second-order valence-electron chi connectivity index (χ2n) is 6.17. The molecule has 4 rings (SSSR count). The molecule has 1 heterocycles. The van der Waals surface area contributed by atoms with Crippen LogP contribution in [0, 0.1) is 5.82 Å².